The van der Waals surface area contributed by atoms with E-state index in [9.17, 15) is 0 Å². The lowest BCUT2D eigenvalue weighted by Gasteiger charge is -2.40. The van der Waals surface area contributed by atoms with E-state index in [4.69, 9.17) is 10.5 Å². The third kappa shape index (κ3) is 2.82. The fourth-order valence-corrected chi connectivity index (χ4v) is 1.91. The van der Waals surface area contributed by atoms with Crippen molar-refractivity contribution >= 4 is 0 Å². The van der Waals surface area contributed by atoms with Gasteiger partial charge in [0.15, 0.2) is 0 Å². The molecule has 0 saturated carbocycles. The molecule has 1 aromatic carbocycles. The summed E-state index contributed by atoms with van der Waals surface area (Å²) < 4.78 is 5.22. The molecule has 0 unspecified atom stereocenters. The van der Waals surface area contributed by atoms with Crippen LogP contribution < -0.4 is 11.1 Å². The third-order valence-electron chi connectivity index (χ3n) is 3.18. The molecule has 0 aromatic heterocycles. The molecule has 16 heavy (non-hydrogen) atoms. The first-order valence-electron chi connectivity index (χ1n) is 5.87. The van der Waals surface area contributed by atoms with Crippen molar-refractivity contribution in [1.29, 1.82) is 0 Å². The quantitative estimate of drug-likeness (QED) is 0.697. The van der Waals surface area contributed by atoms with Crippen molar-refractivity contribution in [2.24, 2.45) is 11.1 Å². The summed E-state index contributed by atoms with van der Waals surface area (Å²) in [5.74, 6) is 0. The van der Waals surface area contributed by atoms with Crippen LogP contribution in [0.5, 0.6) is 0 Å². The molecular weight excluding hydrogens is 200 g/mol. The summed E-state index contributed by atoms with van der Waals surface area (Å²) in [5, 5.41) is 3.47. The first-order valence-corrected chi connectivity index (χ1v) is 5.87. The van der Waals surface area contributed by atoms with E-state index in [-0.39, 0.29) is 5.41 Å². The zero-order valence-corrected chi connectivity index (χ0v) is 9.61. The summed E-state index contributed by atoms with van der Waals surface area (Å²) in [4.78, 5) is 0. The Morgan fingerprint density at radius 2 is 2.00 bits per heavy atom. The van der Waals surface area contributed by atoms with Crippen molar-refractivity contribution in [1.82, 2.24) is 5.32 Å². The summed E-state index contributed by atoms with van der Waals surface area (Å²) in [5.41, 5.74) is 7.32. The molecule has 3 heteroatoms. The van der Waals surface area contributed by atoms with Gasteiger partial charge in [0.1, 0.15) is 0 Å². The summed E-state index contributed by atoms with van der Waals surface area (Å²) in [6.07, 6.45) is 1.07. The fraction of sp³-hybridized carbons (Fsp3) is 0.538. The van der Waals surface area contributed by atoms with Crippen molar-refractivity contribution in [2.75, 3.05) is 32.8 Å². The van der Waals surface area contributed by atoms with Gasteiger partial charge in [-0.3, -0.25) is 0 Å². The van der Waals surface area contributed by atoms with Gasteiger partial charge in [-0.1, -0.05) is 30.3 Å². The van der Waals surface area contributed by atoms with Crippen LogP contribution >= 0.6 is 0 Å². The molecule has 3 nitrogen and oxygen atoms in total. The van der Waals surface area contributed by atoms with Crippen LogP contribution in [0.1, 0.15) is 5.56 Å². The Kier molecular flexibility index (Phi) is 3.93. The van der Waals surface area contributed by atoms with Crippen LogP contribution in [0.25, 0.3) is 0 Å². The van der Waals surface area contributed by atoms with Gasteiger partial charge in [-0.25, -0.2) is 0 Å². The molecule has 1 aromatic rings. The fourth-order valence-electron chi connectivity index (χ4n) is 1.91. The van der Waals surface area contributed by atoms with E-state index >= 15 is 0 Å². The van der Waals surface area contributed by atoms with Crippen LogP contribution in [0, 0.1) is 5.41 Å². The SMILES string of the molecule is NCC1(CNCCc2ccccc2)COC1. The van der Waals surface area contributed by atoms with Gasteiger partial charge in [0.2, 0.25) is 0 Å². The van der Waals surface area contributed by atoms with Crippen LogP contribution in [0.4, 0.5) is 0 Å². The van der Waals surface area contributed by atoms with Crippen molar-refractivity contribution in [3.05, 3.63) is 35.9 Å². The minimum Gasteiger partial charge on any atom is -0.380 e. The van der Waals surface area contributed by atoms with E-state index in [1.54, 1.807) is 0 Å². The molecule has 0 spiro atoms. The van der Waals surface area contributed by atoms with Gasteiger partial charge < -0.3 is 15.8 Å². The maximum atomic E-state index is 5.74. The van der Waals surface area contributed by atoms with Crippen LogP contribution in [-0.2, 0) is 11.2 Å². The van der Waals surface area contributed by atoms with E-state index in [1.165, 1.54) is 5.56 Å². The first kappa shape index (κ1) is 11.6. The van der Waals surface area contributed by atoms with E-state index < -0.39 is 0 Å². The standard InChI is InChI=1S/C13H20N2O/c14-8-13(10-16-11-13)9-15-7-6-12-4-2-1-3-5-12/h1-5,15H,6-11,14H2. The molecule has 0 bridgehead atoms. The predicted octanol–water partition coefficient (Wildman–Crippen LogP) is 0.794. The van der Waals surface area contributed by atoms with Crippen LogP contribution in [0.2, 0.25) is 0 Å². The highest BCUT2D eigenvalue weighted by atomic mass is 16.5. The number of hydrogen-bond donors (Lipinski definition) is 2. The Morgan fingerprint density at radius 1 is 1.25 bits per heavy atom. The summed E-state index contributed by atoms with van der Waals surface area (Å²) in [6, 6.07) is 10.5. The van der Waals surface area contributed by atoms with E-state index in [2.05, 4.69) is 29.6 Å². The Hall–Kier alpha value is -0.900. The largest absolute Gasteiger partial charge is 0.380 e. The van der Waals surface area contributed by atoms with Gasteiger partial charge in [-0.05, 0) is 18.5 Å². The number of benzene rings is 1. The molecule has 0 radical (unpaired) electrons. The molecular formula is C13H20N2O. The lowest BCUT2D eigenvalue weighted by molar-refractivity contribution is -0.104. The van der Waals surface area contributed by atoms with Crippen molar-refractivity contribution < 1.29 is 4.74 Å². The Balaban J connectivity index is 1.65. The summed E-state index contributed by atoms with van der Waals surface area (Å²) in [7, 11) is 0. The van der Waals surface area contributed by atoms with Crippen molar-refractivity contribution in [3.63, 3.8) is 0 Å². The molecule has 1 aliphatic heterocycles. The molecule has 0 amide bonds. The highest BCUT2D eigenvalue weighted by Crippen LogP contribution is 2.24. The highest BCUT2D eigenvalue weighted by molar-refractivity contribution is 5.14. The second kappa shape index (κ2) is 5.43. The number of nitrogens with one attached hydrogen (secondary N) is 1. The maximum absolute atomic E-state index is 5.74. The smallest absolute Gasteiger partial charge is 0.0569 e. The number of rotatable bonds is 6. The van der Waals surface area contributed by atoms with E-state index in [0.717, 1.165) is 32.7 Å². The van der Waals surface area contributed by atoms with Gasteiger partial charge in [-0.2, -0.15) is 0 Å². The van der Waals surface area contributed by atoms with Crippen LogP contribution in [0.15, 0.2) is 30.3 Å². The maximum Gasteiger partial charge on any atom is 0.0569 e. The lowest BCUT2D eigenvalue weighted by Crippen LogP contribution is -2.54. The van der Waals surface area contributed by atoms with Crippen LogP contribution in [-0.4, -0.2) is 32.8 Å². The molecule has 88 valence electrons. The van der Waals surface area contributed by atoms with Gasteiger partial charge in [0.25, 0.3) is 0 Å². The molecule has 1 saturated heterocycles. The topological polar surface area (TPSA) is 47.3 Å². The molecule has 1 fully saturated rings. The molecule has 1 heterocycles. The summed E-state index contributed by atoms with van der Waals surface area (Å²) in [6.45, 7) is 4.30. The number of ether oxygens (including phenoxy) is 1. The van der Waals surface area contributed by atoms with E-state index in [1.807, 2.05) is 6.07 Å². The Labute approximate surface area is 97.0 Å². The van der Waals surface area contributed by atoms with Crippen molar-refractivity contribution in [3.8, 4) is 0 Å². The minimum atomic E-state index is 0.205. The summed E-state index contributed by atoms with van der Waals surface area (Å²) >= 11 is 0. The second-order valence-corrected chi connectivity index (χ2v) is 4.61. The lowest BCUT2D eigenvalue weighted by atomic mass is 9.86. The molecule has 1 aliphatic rings. The zero-order valence-electron chi connectivity index (χ0n) is 9.61. The van der Waals surface area contributed by atoms with Crippen molar-refractivity contribution in [2.45, 2.75) is 6.42 Å². The molecule has 0 atom stereocenters. The first-order chi connectivity index (χ1) is 7.85. The molecule has 0 aliphatic carbocycles. The monoisotopic (exact) mass is 220 g/mol. The average Bonchev–Trinajstić information content (AvgIpc) is 2.29. The van der Waals surface area contributed by atoms with Gasteiger partial charge in [0, 0.05) is 18.5 Å². The predicted molar refractivity (Wildman–Crippen MR) is 65.3 cm³/mol. The van der Waals surface area contributed by atoms with Crippen LogP contribution in [0.3, 0.4) is 0 Å². The number of hydrogen-bond acceptors (Lipinski definition) is 3. The molecule has 3 N–H and O–H groups in total. The third-order valence-corrected chi connectivity index (χ3v) is 3.18. The van der Waals surface area contributed by atoms with E-state index in [0.29, 0.717) is 6.54 Å². The van der Waals surface area contributed by atoms with Gasteiger partial charge >= 0.3 is 0 Å². The minimum absolute atomic E-state index is 0.205. The average molecular weight is 220 g/mol. The zero-order chi connectivity index (χ0) is 11.3. The number of nitrogens with two attached hydrogens (primary N) is 1. The Morgan fingerprint density at radius 3 is 2.56 bits per heavy atom. The molecule has 2 rings (SSSR count). The second-order valence-electron chi connectivity index (χ2n) is 4.61. The van der Waals surface area contributed by atoms with Gasteiger partial charge in [-0.15, -0.1) is 0 Å². The highest BCUT2D eigenvalue weighted by Gasteiger charge is 2.36. The normalized spacial score (nSPS) is 18.1. The Bertz CT molecular complexity index is 303. The van der Waals surface area contributed by atoms with Gasteiger partial charge in [0.05, 0.1) is 13.2 Å².